The van der Waals surface area contributed by atoms with Crippen molar-refractivity contribution in [2.24, 2.45) is 28.7 Å². The number of primary amides is 2. The Labute approximate surface area is 121 Å². The third-order valence-electron chi connectivity index (χ3n) is 3.85. The van der Waals surface area contributed by atoms with E-state index in [0.29, 0.717) is 0 Å². The molecule has 2 rings (SSSR count). The average molecular weight is 334 g/mol. The Morgan fingerprint density at radius 3 is 1.38 bits per heavy atom. The first kappa shape index (κ1) is 15.7. The molecule has 116 valence electrons. The minimum absolute atomic E-state index is 0.511. The molecule has 8 nitrogen and oxygen atoms in total. The molecule has 0 aliphatic carbocycles. The van der Waals surface area contributed by atoms with E-state index in [-0.39, 0.29) is 0 Å². The van der Waals surface area contributed by atoms with Gasteiger partial charge >= 0.3 is 0 Å². The van der Waals surface area contributed by atoms with Gasteiger partial charge in [0.05, 0.1) is 11.5 Å². The lowest BCUT2D eigenvalue weighted by Gasteiger charge is -2.35. The topological polar surface area (TPSA) is 154 Å². The van der Waals surface area contributed by atoms with Crippen molar-refractivity contribution in [2.45, 2.75) is 0 Å². The molecule has 2 aliphatic heterocycles. The number of hydrogen-bond donors (Lipinski definition) is 2. The van der Waals surface area contributed by atoms with Crippen LogP contribution in [-0.2, 0) is 29.3 Å². The van der Waals surface area contributed by atoms with Crippen molar-refractivity contribution in [3.63, 3.8) is 0 Å². The molecular formula is C11H14N2O6S2. The molecule has 2 atom stereocenters. The summed E-state index contributed by atoms with van der Waals surface area (Å²) in [5.74, 6) is -5.45. The lowest BCUT2D eigenvalue weighted by Crippen LogP contribution is -2.57. The van der Waals surface area contributed by atoms with E-state index >= 15 is 0 Å². The van der Waals surface area contributed by atoms with Crippen LogP contribution in [0.15, 0.2) is 23.0 Å². The maximum atomic E-state index is 11.9. The molecule has 0 saturated carbocycles. The molecule has 10 heteroatoms. The average Bonchev–Trinajstić information content (AvgIpc) is 2.82. The fraction of sp³-hybridized carbons (Fsp3) is 0.455. The molecule has 0 radical (unpaired) electrons. The van der Waals surface area contributed by atoms with E-state index in [1.807, 2.05) is 0 Å². The molecule has 0 aromatic carbocycles. The number of carbonyl (C=O) groups excluding carboxylic acids is 2. The van der Waals surface area contributed by atoms with Gasteiger partial charge in [-0.05, 0) is 0 Å². The highest BCUT2D eigenvalue weighted by Gasteiger charge is 2.57. The normalized spacial score (nSPS) is 29.5. The zero-order valence-corrected chi connectivity index (χ0v) is 12.4. The second-order valence-corrected chi connectivity index (χ2v) is 8.99. The first-order chi connectivity index (χ1) is 9.51. The van der Waals surface area contributed by atoms with Gasteiger partial charge in [0.25, 0.3) is 0 Å². The van der Waals surface area contributed by atoms with Crippen molar-refractivity contribution in [2.75, 3.05) is 11.5 Å². The Hall–Kier alpha value is -1.68. The molecule has 2 amide bonds. The summed E-state index contributed by atoms with van der Waals surface area (Å²) in [6.07, 6.45) is 2.34. The number of allylic oxidation sites excluding steroid dienone is 2. The van der Waals surface area contributed by atoms with Gasteiger partial charge in [-0.3, -0.25) is 9.59 Å². The van der Waals surface area contributed by atoms with Crippen LogP contribution in [0.5, 0.6) is 0 Å². The molecule has 4 N–H and O–H groups in total. The molecule has 0 fully saturated rings. The van der Waals surface area contributed by atoms with Gasteiger partial charge in [0.1, 0.15) is 5.41 Å². The summed E-state index contributed by atoms with van der Waals surface area (Å²) in [6.45, 7) is 0. The number of hydrogen-bond acceptors (Lipinski definition) is 6. The van der Waals surface area contributed by atoms with Gasteiger partial charge in [0, 0.05) is 22.7 Å². The largest absolute Gasteiger partial charge is 0.369 e. The molecule has 0 unspecified atom stereocenters. The number of sulfone groups is 2. The van der Waals surface area contributed by atoms with E-state index in [0.717, 1.165) is 10.8 Å². The lowest BCUT2D eigenvalue weighted by molar-refractivity contribution is -0.144. The van der Waals surface area contributed by atoms with Crippen LogP contribution in [-0.4, -0.2) is 40.2 Å². The molecule has 2 aliphatic rings. The summed E-state index contributed by atoms with van der Waals surface area (Å²) in [4.78, 5) is 23.8. The van der Waals surface area contributed by atoms with Crippen LogP contribution in [0.2, 0.25) is 0 Å². The summed E-state index contributed by atoms with van der Waals surface area (Å²) >= 11 is 0. The van der Waals surface area contributed by atoms with E-state index in [2.05, 4.69) is 0 Å². The number of nitrogens with two attached hydrogens (primary N) is 2. The second kappa shape index (κ2) is 4.67. The Balaban J connectivity index is 2.56. The van der Waals surface area contributed by atoms with Crippen molar-refractivity contribution in [3.8, 4) is 0 Å². The number of carbonyl (C=O) groups is 2. The van der Waals surface area contributed by atoms with Crippen LogP contribution in [0.1, 0.15) is 0 Å². The lowest BCUT2D eigenvalue weighted by atomic mass is 9.66. The van der Waals surface area contributed by atoms with Crippen LogP contribution in [0.25, 0.3) is 0 Å². The second-order valence-electron chi connectivity index (χ2n) is 5.13. The Bertz CT molecular complexity index is 697. The highest BCUT2D eigenvalue weighted by molar-refractivity contribution is 7.94. The monoisotopic (exact) mass is 334 g/mol. The van der Waals surface area contributed by atoms with Crippen molar-refractivity contribution in [1.29, 1.82) is 0 Å². The summed E-state index contributed by atoms with van der Waals surface area (Å²) in [5, 5.41) is 1.76. The van der Waals surface area contributed by atoms with Gasteiger partial charge in [-0.2, -0.15) is 0 Å². The minimum Gasteiger partial charge on any atom is -0.369 e. The van der Waals surface area contributed by atoms with Crippen molar-refractivity contribution >= 4 is 31.5 Å². The maximum absolute atomic E-state index is 11.9. The standard InChI is InChI=1S/C11H14N2O6S2/c12-9(14)11(10(13)15,7-1-3-20(16,17)5-7)8-2-4-21(18,19)6-8/h1-4,7-8H,5-6H2,(H2,12,14)(H2,13,15)/t7-,8-/m0/s1. The number of rotatable bonds is 4. The summed E-state index contributed by atoms with van der Waals surface area (Å²) in [7, 11) is -7.15. The summed E-state index contributed by atoms with van der Waals surface area (Å²) < 4.78 is 46.2. The van der Waals surface area contributed by atoms with E-state index in [1.165, 1.54) is 12.2 Å². The van der Waals surface area contributed by atoms with E-state index in [1.54, 1.807) is 0 Å². The predicted octanol–water partition coefficient (Wildman–Crippen LogP) is -1.94. The van der Waals surface area contributed by atoms with Crippen LogP contribution >= 0.6 is 0 Å². The van der Waals surface area contributed by atoms with Crippen LogP contribution in [0.4, 0.5) is 0 Å². The molecule has 0 bridgehead atoms. The van der Waals surface area contributed by atoms with E-state index in [4.69, 9.17) is 11.5 Å². The zero-order valence-electron chi connectivity index (χ0n) is 10.8. The molecule has 0 aromatic rings. The van der Waals surface area contributed by atoms with Crippen molar-refractivity contribution in [3.05, 3.63) is 23.0 Å². The van der Waals surface area contributed by atoms with Crippen LogP contribution < -0.4 is 11.5 Å². The summed E-state index contributed by atoms with van der Waals surface area (Å²) in [5.41, 5.74) is 8.54. The van der Waals surface area contributed by atoms with Gasteiger partial charge in [-0.15, -0.1) is 0 Å². The molecule has 2 heterocycles. The van der Waals surface area contributed by atoms with Gasteiger partial charge < -0.3 is 11.5 Å². The fourth-order valence-electron chi connectivity index (χ4n) is 2.85. The summed E-state index contributed by atoms with van der Waals surface area (Å²) in [6, 6.07) is 0. The highest BCUT2D eigenvalue weighted by Crippen LogP contribution is 2.43. The van der Waals surface area contributed by atoms with Crippen LogP contribution in [0, 0.1) is 17.3 Å². The molecule has 0 aromatic heterocycles. The van der Waals surface area contributed by atoms with Gasteiger partial charge in [-0.25, -0.2) is 16.8 Å². The third kappa shape index (κ3) is 2.48. The third-order valence-corrected chi connectivity index (χ3v) is 6.64. The van der Waals surface area contributed by atoms with Crippen molar-refractivity contribution in [1.82, 2.24) is 0 Å². The molecule has 0 spiro atoms. The maximum Gasteiger partial charge on any atom is 0.234 e. The molecule has 21 heavy (non-hydrogen) atoms. The number of amides is 2. The predicted molar refractivity (Wildman–Crippen MR) is 73.7 cm³/mol. The SMILES string of the molecule is NC(=O)C(C(N)=O)([C@H]1C=CS(=O)(=O)C1)[C@H]1C=CS(=O)(=O)C1. The quantitative estimate of drug-likeness (QED) is 0.570. The first-order valence-corrected chi connectivity index (χ1v) is 9.36. The van der Waals surface area contributed by atoms with E-state index in [9.17, 15) is 26.4 Å². The Kier molecular flexibility index (Phi) is 3.49. The smallest absolute Gasteiger partial charge is 0.234 e. The highest BCUT2D eigenvalue weighted by atomic mass is 32.2. The van der Waals surface area contributed by atoms with Crippen molar-refractivity contribution < 1.29 is 26.4 Å². The molecule has 0 saturated heterocycles. The van der Waals surface area contributed by atoms with Gasteiger partial charge in [0.15, 0.2) is 19.7 Å². The first-order valence-electron chi connectivity index (χ1n) is 5.93. The minimum atomic E-state index is -3.57. The van der Waals surface area contributed by atoms with Gasteiger partial charge in [0.2, 0.25) is 11.8 Å². The van der Waals surface area contributed by atoms with Gasteiger partial charge in [-0.1, -0.05) is 12.2 Å². The zero-order chi connectivity index (χ0) is 16.1. The van der Waals surface area contributed by atoms with Crippen LogP contribution in [0.3, 0.4) is 0 Å². The molecular weight excluding hydrogens is 320 g/mol. The fourth-order valence-corrected chi connectivity index (χ4v) is 5.68. The Morgan fingerprint density at radius 2 is 1.19 bits per heavy atom. The Morgan fingerprint density at radius 1 is 0.857 bits per heavy atom. The van der Waals surface area contributed by atoms with E-state index < -0.39 is 60.2 Å².